The van der Waals surface area contributed by atoms with E-state index in [1.54, 1.807) is 24.0 Å². The van der Waals surface area contributed by atoms with Crippen molar-refractivity contribution in [3.8, 4) is 0 Å². The average molecular weight is 252 g/mol. The van der Waals surface area contributed by atoms with E-state index in [4.69, 9.17) is 5.84 Å². The Kier molecular flexibility index (Phi) is 3.69. The summed E-state index contributed by atoms with van der Waals surface area (Å²) in [7, 11) is 1.79. The molecule has 18 heavy (non-hydrogen) atoms. The molecule has 1 aromatic heterocycles. The fourth-order valence-corrected chi connectivity index (χ4v) is 1.83. The van der Waals surface area contributed by atoms with Gasteiger partial charge in [-0.1, -0.05) is 0 Å². The second-order valence-electron chi connectivity index (χ2n) is 4.12. The van der Waals surface area contributed by atoms with Crippen LogP contribution in [0.3, 0.4) is 0 Å². The first-order valence-corrected chi connectivity index (χ1v) is 5.49. The molecule has 2 rings (SSSR count). The van der Waals surface area contributed by atoms with Crippen LogP contribution in [0.1, 0.15) is 17.3 Å². The quantitative estimate of drug-likeness (QED) is 0.639. The van der Waals surface area contributed by atoms with Gasteiger partial charge in [0.1, 0.15) is 11.6 Å². The minimum absolute atomic E-state index is 0.285. The number of hydrogen-bond acceptors (Lipinski definition) is 3. The number of nitrogens with two attached hydrogens (primary N) is 1. The molecule has 0 radical (unpaired) electrons. The zero-order valence-electron chi connectivity index (χ0n) is 9.90. The van der Waals surface area contributed by atoms with Crippen LogP contribution < -0.4 is 11.3 Å². The smallest absolute Gasteiger partial charge is 0.126 e. The maximum atomic E-state index is 13.1. The molecule has 0 saturated carbocycles. The van der Waals surface area contributed by atoms with E-state index in [1.165, 1.54) is 12.1 Å². The number of nitrogens with zero attached hydrogens (tertiary/aromatic N) is 2. The van der Waals surface area contributed by atoms with Crippen LogP contribution in [0.5, 0.6) is 0 Å². The van der Waals surface area contributed by atoms with E-state index in [0.29, 0.717) is 12.0 Å². The highest BCUT2D eigenvalue weighted by molar-refractivity contribution is 5.21. The highest BCUT2D eigenvalue weighted by Crippen LogP contribution is 2.17. The normalized spacial score (nSPS) is 12.7. The SMILES string of the molecule is Cn1ccc(C(Cc2cc(F)cc(F)c2)NN)n1. The van der Waals surface area contributed by atoms with E-state index in [2.05, 4.69) is 10.5 Å². The number of hydrazine groups is 1. The lowest BCUT2D eigenvalue weighted by Gasteiger charge is -2.13. The summed E-state index contributed by atoms with van der Waals surface area (Å²) in [6.45, 7) is 0. The molecule has 1 heterocycles. The van der Waals surface area contributed by atoms with Gasteiger partial charge in [-0.2, -0.15) is 5.10 Å². The molecule has 0 fully saturated rings. The molecule has 3 N–H and O–H groups in total. The van der Waals surface area contributed by atoms with Crippen LogP contribution in [0.15, 0.2) is 30.5 Å². The van der Waals surface area contributed by atoms with Gasteiger partial charge in [0, 0.05) is 19.3 Å². The summed E-state index contributed by atoms with van der Waals surface area (Å²) in [4.78, 5) is 0. The zero-order valence-corrected chi connectivity index (χ0v) is 9.90. The number of aryl methyl sites for hydroxylation is 1. The molecule has 1 unspecified atom stereocenters. The summed E-state index contributed by atoms with van der Waals surface area (Å²) in [5.74, 6) is 4.26. The van der Waals surface area contributed by atoms with Crippen LogP contribution >= 0.6 is 0 Å². The van der Waals surface area contributed by atoms with Crippen LogP contribution in [0.4, 0.5) is 8.78 Å². The summed E-state index contributed by atoms with van der Waals surface area (Å²) in [6.07, 6.45) is 2.15. The largest absolute Gasteiger partial charge is 0.275 e. The fourth-order valence-electron chi connectivity index (χ4n) is 1.83. The van der Waals surface area contributed by atoms with Gasteiger partial charge in [-0.05, 0) is 30.2 Å². The molecule has 1 atom stereocenters. The lowest BCUT2D eigenvalue weighted by Crippen LogP contribution is -2.30. The summed E-state index contributed by atoms with van der Waals surface area (Å²) in [5.41, 5.74) is 3.85. The lowest BCUT2D eigenvalue weighted by atomic mass is 10.0. The van der Waals surface area contributed by atoms with Crippen molar-refractivity contribution in [3.63, 3.8) is 0 Å². The van der Waals surface area contributed by atoms with Gasteiger partial charge >= 0.3 is 0 Å². The van der Waals surface area contributed by atoms with Crippen molar-refractivity contribution < 1.29 is 8.78 Å². The standard InChI is InChI=1S/C12H14F2N4/c1-18-3-2-11(17-18)12(16-15)6-8-4-9(13)7-10(14)5-8/h2-5,7,12,16H,6,15H2,1H3. The molecule has 0 aliphatic carbocycles. The van der Waals surface area contributed by atoms with E-state index >= 15 is 0 Å². The maximum Gasteiger partial charge on any atom is 0.126 e. The molecule has 96 valence electrons. The predicted octanol–water partition coefficient (Wildman–Crippen LogP) is 1.45. The average Bonchev–Trinajstić information content (AvgIpc) is 2.71. The number of hydrogen-bond donors (Lipinski definition) is 2. The van der Waals surface area contributed by atoms with E-state index in [9.17, 15) is 8.78 Å². The Hall–Kier alpha value is -1.79. The Labute approximate surface area is 103 Å². The molecule has 1 aromatic carbocycles. The molecule has 0 amide bonds. The second kappa shape index (κ2) is 5.24. The Balaban J connectivity index is 2.20. The van der Waals surface area contributed by atoms with Crippen LogP contribution in [0.25, 0.3) is 0 Å². The van der Waals surface area contributed by atoms with Gasteiger partial charge in [-0.3, -0.25) is 16.0 Å². The van der Waals surface area contributed by atoms with Crippen molar-refractivity contribution in [2.45, 2.75) is 12.5 Å². The summed E-state index contributed by atoms with van der Waals surface area (Å²) in [6, 6.07) is 4.94. The topological polar surface area (TPSA) is 55.9 Å². The Bertz CT molecular complexity index is 518. The number of nitrogens with one attached hydrogen (secondary N) is 1. The molecule has 4 nitrogen and oxygen atoms in total. The summed E-state index contributed by atoms with van der Waals surface area (Å²) >= 11 is 0. The minimum Gasteiger partial charge on any atom is -0.275 e. The molecule has 6 heteroatoms. The second-order valence-corrected chi connectivity index (χ2v) is 4.12. The number of benzene rings is 1. The van der Waals surface area contributed by atoms with Crippen LogP contribution in [0, 0.1) is 11.6 Å². The van der Waals surface area contributed by atoms with Gasteiger partial charge in [0.15, 0.2) is 0 Å². The van der Waals surface area contributed by atoms with Crippen molar-refractivity contribution in [1.82, 2.24) is 15.2 Å². The number of halogens is 2. The zero-order chi connectivity index (χ0) is 13.1. The third-order valence-corrected chi connectivity index (χ3v) is 2.65. The molecule has 0 bridgehead atoms. The van der Waals surface area contributed by atoms with Crippen LogP contribution in [-0.2, 0) is 13.5 Å². The third kappa shape index (κ3) is 2.91. The van der Waals surface area contributed by atoms with Crippen LogP contribution in [0.2, 0.25) is 0 Å². The predicted molar refractivity (Wildman–Crippen MR) is 63.3 cm³/mol. The van der Waals surface area contributed by atoms with Crippen molar-refractivity contribution in [2.24, 2.45) is 12.9 Å². The molecule has 2 aromatic rings. The van der Waals surface area contributed by atoms with E-state index in [-0.39, 0.29) is 6.04 Å². The fraction of sp³-hybridized carbons (Fsp3) is 0.250. The van der Waals surface area contributed by atoms with Crippen LogP contribution in [-0.4, -0.2) is 9.78 Å². The molecule has 0 spiro atoms. The highest BCUT2D eigenvalue weighted by Gasteiger charge is 2.14. The molecule has 0 aliphatic heterocycles. The van der Waals surface area contributed by atoms with Gasteiger partial charge in [0.2, 0.25) is 0 Å². The summed E-state index contributed by atoms with van der Waals surface area (Å²) < 4.78 is 27.8. The van der Waals surface area contributed by atoms with Crippen molar-refractivity contribution in [3.05, 3.63) is 53.4 Å². The van der Waals surface area contributed by atoms with Gasteiger partial charge in [0.05, 0.1) is 11.7 Å². The summed E-state index contributed by atoms with van der Waals surface area (Å²) in [5, 5.41) is 4.21. The van der Waals surface area contributed by atoms with E-state index < -0.39 is 11.6 Å². The molecular weight excluding hydrogens is 238 g/mol. The maximum absolute atomic E-state index is 13.1. The molecule has 0 saturated heterocycles. The third-order valence-electron chi connectivity index (χ3n) is 2.65. The van der Waals surface area contributed by atoms with Gasteiger partial charge < -0.3 is 0 Å². The first-order chi connectivity index (χ1) is 8.58. The molecule has 0 aliphatic rings. The van der Waals surface area contributed by atoms with Gasteiger partial charge in [-0.15, -0.1) is 0 Å². The van der Waals surface area contributed by atoms with E-state index in [0.717, 1.165) is 11.8 Å². The number of rotatable bonds is 4. The van der Waals surface area contributed by atoms with Gasteiger partial charge in [-0.25, -0.2) is 8.78 Å². The first-order valence-electron chi connectivity index (χ1n) is 5.49. The molecular formula is C12H14F2N4. The monoisotopic (exact) mass is 252 g/mol. The van der Waals surface area contributed by atoms with Gasteiger partial charge in [0.25, 0.3) is 0 Å². The van der Waals surface area contributed by atoms with Crippen molar-refractivity contribution in [2.75, 3.05) is 0 Å². The minimum atomic E-state index is -0.596. The van der Waals surface area contributed by atoms with Crippen molar-refractivity contribution in [1.29, 1.82) is 0 Å². The van der Waals surface area contributed by atoms with E-state index in [1.807, 2.05) is 0 Å². The van der Waals surface area contributed by atoms with Crippen molar-refractivity contribution >= 4 is 0 Å². The Morgan fingerprint density at radius 2 is 2.00 bits per heavy atom. The first kappa shape index (κ1) is 12.7. The number of aromatic nitrogens is 2. The Morgan fingerprint density at radius 1 is 1.33 bits per heavy atom. The Morgan fingerprint density at radius 3 is 2.50 bits per heavy atom. The lowest BCUT2D eigenvalue weighted by molar-refractivity contribution is 0.522. The highest BCUT2D eigenvalue weighted by atomic mass is 19.1.